The predicted octanol–water partition coefficient (Wildman–Crippen LogP) is 4.40. The summed E-state index contributed by atoms with van der Waals surface area (Å²) in [4.78, 5) is 15.2. The van der Waals surface area contributed by atoms with Crippen molar-refractivity contribution < 1.29 is 27.1 Å². The summed E-state index contributed by atoms with van der Waals surface area (Å²) in [5.74, 6) is -0.532. The first-order valence-corrected chi connectivity index (χ1v) is 6.51. The van der Waals surface area contributed by atoms with Gasteiger partial charge in [0.1, 0.15) is 12.4 Å². The maximum Gasteiger partial charge on any atom is 0.424 e. The van der Waals surface area contributed by atoms with Crippen LogP contribution in [0.15, 0.2) is 48.7 Å². The molecule has 1 unspecified atom stereocenters. The normalized spacial score (nSPS) is 12.5. The second kappa shape index (κ2) is 7.08. The number of carbonyl (C=O) groups excluding carboxylic acids is 1. The number of nitrogens with zero attached hydrogens (tertiary/aromatic N) is 1. The van der Waals surface area contributed by atoms with Gasteiger partial charge in [0.25, 0.3) is 0 Å². The van der Waals surface area contributed by atoms with E-state index in [4.69, 9.17) is 4.74 Å². The van der Waals surface area contributed by atoms with Crippen LogP contribution in [-0.4, -0.2) is 17.3 Å². The van der Waals surface area contributed by atoms with E-state index >= 15 is 0 Å². The van der Waals surface area contributed by atoms with E-state index in [0.717, 1.165) is 18.3 Å². The smallest absolute Gasteiger partial charge is 0.424 e. The van der Waals surface area contributed by atoms with Crippen molar-refractivity contribution in [1.29, 1.82) is 0 Å². The lowest BCUT2D eigenvalue weighted by Gasteiger charge is -2.15. The van der Waals surface area contributed by atoms with Crippen molar-refractivity contribution >= 4 is 11.9 Å². The molecule has 2 aromatic rings. The number of amides is 1. The summed E-state index contributed by atoms with van der Waals surface area (Å²) in [5, 5.41) is 2.02. The molecule has 1 amide bonds. The van der Waals surface area contributed by atoms with Gasteiger partial charge in [-0.15, -0.1) is 0 Å². The average Bonchev–Trinajstić information content (AvgIpc) is 2.53. The first kappa shape index (κ1) is 16.7. The summed E-state index contributed by atoms with van der Waals surface area (Å²) >= 11 is 0. The molecule has 0 bridgehead atoms. The Morgan fingerprint density at radius 2 is 1.87 bits per heavy atom. The van der Waals surface area contributed by atoms with Crippen LogP contribution >= 0.6 is 0 Å². The van der Waals surface area contributed by atoms with Gasteiger partial charge in [0, 0.05) is 11.8 Å². The van der Waals surface area contributed by atoms with Crippen LogP contribution in [0.1, 0.15) is 17.3 Å². The molecular weight excluding hydrogens is 316 g/mol. The first-order valence-electron chi connectivity index (χ1n) is 6.51. The highest BCUT2D eigenvalue weighted by Crippen LogP contribution is 2.38. The van der Waals surface area contributed by atoms with Crippen LogP contribution in [0.5, 0.6) is 0 Å². The molecule has 1 N–H and O–H groups in total. The Labute approximate surface area is 129 Å². The molecular formula is C15H12F4N2O2. The van der Waals surface area contributed by atoms with Gasteiger partial charge in [0.05, 0.1) is 0 Å². The molecule has 1 atom stereocenters. The molecule has 8 heteroatoms. The fourth-order valence-corrected chi connectivity index (χ4v) is 1.76. The van der Waals surface area contributed by atoms with Crippen molar-refractivity contribution in [3.63, 3.8) is 0 Å². The summed E-state index contributed by atoms with van der Waals surface area (Å²) in [6.07, 6.45) is -8.23. The Kier molecular flexibility index (Phi) is 5.15. The highest BCUT2D eigenvalue weighted by atomic mass is 19.4. The van der Waals surface area contributed by atoms with Crippen molar-refractivity contribution in [3.8, 4) is 0 Å². The fraction of sp³-hybridized carbons (Fsp3) is 0.200. The topological polar surface area (TPSA) is 51.2 Å². The third-order valence-electron chi connectivity index (χ3n) is 2.83. The zero-order chi connectivity index (χ0) is 16.9. The van der Waals surface area contributed by atoms with Crippen LogP contribution in [0.4, 0.5) is 28.2 Å². The van der Waals surface area contributed by atoms with Crippen LogP contribution in [0.25, 0.3) is 0 Å². The second-order valence-electron chi connectivity index (χ2n) is 4.53. The number of hydrogen-bond donors (Lipinski definition) is 1. The third kappa shape index (κ3) is 4.67. The van der Waals surface area contributed by atoms with E-state index in [-0.39, 0.29) is 6.61 Å². The fourth-order valence-electron chi connectivity index (χ4n) is 1.76. The van der Waals surface area contributed by atoms with Gasteiger partial charge in [0.2, 0.25) is 6.17 Å². The Hall–Kier alpha value is -2.64. The van der Waals surface area contributed by atoms with Crippen LogP contribution in [-0.2, 0) is 11.3 Å². The maximum atomic E-state index is 13.4. The summed E-state index contributed by atoms with van der Waals surface area (Å²) in [5.41, 5.74) is -0.0841. The van der Waals surface area contributed by atoms with Crippen LogP contribution in [0, 0.1) is 0 Å². The predicted molar refractivity (Wildman–Crippen MR) is 74.4 cm³/mol. The Morgan fingerprint density at radius 1 is 1.17 bits per heavy atom. The molecule has 122 valence electrons. The quantitative estimate of drug-likeness (QED) is 0.846. The van der Waals surface area contributed by atoms with Crippen LogP contribution < -0.4 is 5.32 Å². The Bertz CT molecular complexity index is 662. The molecule has 23 heavy (non-hydrogen) atoms. The van der Waals surface area contributed by atoms with E-state index < -0.39 is 29.8 Å². The Balaban J connectivity index is 2.04. The summed E-state index contributed by atoms with van der Waals surface area (Å²) in [6.45, 7) is -0.0762. The van der Waals surface area contributed by atoms with Crippen LogP contribution in [0.3, 0.4) is 0 Å². The monoisotopic (exact) mass is 328 g/mol. The molecule has 0 fully saturated rings. The first-order chi connectivity index (χ1) is 10.9. The van der Waals surface area contributed by atoms with E-state index in [2.05, 4.69) is 4.98 Å². The summed E-state index contributed by atoms with van der Waals surface area (Å²) in [7, 11) is 0. The number of aromatic nitrogens is 1. The van der Waals surface area contributed by atoms with Crippen LogP contribution in [0.2, 0.25) is 0 Å². The largest absolute Gasteiger partial charge is 0.444 e. The number of pyridine rings is 1. The number of hydrogen-bond acceptors (Lipinski definition) is 3. The van der Waals surface area contributed by atoms with Crippen molar-refractivity contribution in [3.05, 3.63) is 59.8 Å². The minimum atomic E-state index is -5.09. The number of alkyl halides is 4. The lowest BCUT2D eigenvalue weighted by Crippen LogP contribution is -2.21. The average molecular weight is 328 g/mol. The van der Waals surface area contributed by atoms with Crippen molar-refractivity contribution in [2.75, 3.05) is 5.32 Å². The molecule has 4 nitrogen and oxygen atoms in total. The molecule has 0 aliphatic heterocycles. The zero-order valence-electron chi connectivity index (χ0n) is 11.7. The molecule has 0 saturated heterocycles. The van der Waals surface area contributed by atoms with Gasteiger partial charge >= 0.3 is 12.3 Å². The molecule has 0 saturated carbocycles. The second-order valence-corrected chi connectivity index (χ2v) is 4.53. The number of anilines is 1. The number of benzene rings is 1. The van der Waals surface area contributed by atoms with E-state index in [1.54, 1.807) is 30.3 Å². The number of rotatable bonds is 4. The molecule has 1 heterocycles. The minimum Gasteiger partial charge on any atom is -0.444 e. The molecule has 2 rings (SSSR count). The standard InChI is InChI=1S/C15H12F4N2O2/c16-12(15(17,18)19)11-7-4-8-20-13(11)21-14(22)23-9-10-5-2-1-3-6-10/h1-8,12H,9H2,(H,20,21,22). The molecule has 0 radical (unpaired) electrons. The van der Waals surface area contributed by atoms with Crippen molar-refractivity contribution in [2.45, 2.75) is 19.0 Å². The Morgan fingerprint density at radius 3 is 2.52 bits per heavy atom. The number of halogens is 4. The van der Waals surface area contributed by atoms with E-state index in [9.17, 15) is 22.4 Å². The SMILES string of the molecule is O=C(Nc1ncccc1C(F)C(F)(F)F)OCc1ccccc1. The van der Waals surface area contributed by atoms with Gasteiger partial charge in [-0.05, 0) is 11.6 Å². The van der Waals surface area contributed by atoms with Gasteiger partial charge in [-0.2, -0.15) is 13.2 Å². The van der Waals surface area contributed by atoms with Gasteiger partial charge in [0.15, 0.2) is 0 Å². The highest BCUT2D eigenvalue weighted by Gasteiger charge is 2.43. The molecule has 1 aromatic carbocycles. The number of nitrogens with one attached hydrogen (secondary N) is 1. The molecule has 0 spiro atoms. The number of carbonyl (C=O) groups is 1. The van der Waals surface area contributed by atoms with Gasteiger partial charge in [-0.25, -0.2) is 14.2 Å². The lowest BCUT2D eigenvalue weighted by atomic mass is 10.1. The molecule has 0 aliphatic rings. The molecule has 0 aliphatic carbocycles. The van der Waals surface area contributed by atoms with Crippen molar-refractivity contribution in [1.82, 2.24) is 4.98 Å². The van der Waals surface area contributed by atoms with E-state index in [1.165, 1.54) is 0 Å². The summed E-state index contributed by atoms with van der Waals surface area (Å²) < 4.78 is 55.7. The summed E-state index contributed by atoms with van der Waals surface area (Å²) in [6, 6.07) is 10.7. The van der Waals surface area contributed by atoms with Gasteiger partial charge in [-0.3, -0.25) is 5.32 Å². The molecule has 1 aromatic heterocycles. The minimum absolute atomic E-state index is 0.0762. The van der Waals surface area contributed by atoms with Gasteiger partial charge < -0.3 is 4.74 Å². The van der Waals surface area contributed by atoms with Crippen molar-refractivity contribution in [2.24, 2.45) is 0 Å². The van der Waals surface area contributed by atoms with Gasteiger partial charge in [-0.1, -0.05) is 36.4 Å². The maximum absolute atomic E-state index is 13.4. The van der Waals surface area contributed by atoms with E-state index in [1.807, 2.05) is 5.32 Å². The zero-order valence-corrected chi connectivity index (χ0v) is 11.7. The highest BCUT2D eigenvalue weighted by molar-refractivity contribution is 5.84. The third-order valence-corrected chi connectivity index (χ3v) is 2.83. The number of ether oxygens (including phenoxy) is 1. The lowest BCUT2D eigenvalue weighted by molar-refractivity contribution is -0.182. The van der Waals surface area contributed by atoms with E-state index in [0.29, 0.717) is 5.56 Å².